The summed E-state index contributed by atoms with van der Waals surface area (Å²) in [5.41, 5.74) is 3.76. The molecule has 0 saturated carbocycles. The van der Waals surface area contributed by atoms with Crippen LogP contribution < -0.4 is 4.74 Å². The molecule has 4 nitrogen and oxygen atoms in total. The first kappa shape index (κ1) is 23.6. The Hall–Kier alpha value is -3.11. The van der Waals surface area contributed by atoms with Gasteiger partial charge in [-0.05, 0) is 42.7 Å². The van der Waals surface area contributed by atoms with Gasteiger partial charge < -0.3 is 14.4 Å². The van der Waals surface area contributed by atoms with E-state index in [9.17, 15) is 4.79 Å². The molecule has 3 aromatic rings. The van der Waals surface area contributed by atoms with E-state index >= 15 is 0 Å². The largest absolute Gasteiger partial charge is 0.494 e. The van der Waals surface area contributed by atoms with Gasteiger partial charge in [-0.1, -0.05) is 74.0 Å². The van der Waals surface area contributed by atoms with Gasteiger partial charge in [-0.3, -0.25) is 4.79 Å². The molecule has 4 heteroatoms. The number of hydrogen-bond acceptors (Lipinski definition) is 3. The molecule has 0 heterocycles. The van der Waals surface area contributed by atoms with Crippen LogP contribution in [0.3, 0.4) is 0 Å². The predicted molar refractivity (Wildman–Crippen MR) is 129 cm³/mol. The molecule has 168 valence electrons. The Labute approximate surface area is 191 Å². The molecule has 1 amide bonds. The summed E-state index contributed by atoms with van der Waals surface area (Å²) in [6.07, 6.45) is 2.11. The van der Waals surface area contributed by atoms with Crippen LogP contribution in [0.4, 0.5) is 0 Å². The first-order valence-electron chi connectivity index (χ1n) is 11.4. The van der Waals surface area contributed by atoms with Crippen LogP contribution in [0.5, 0.6) is 5.75 Å². The van der Waals surface area contributed by atoms with Gasteiger partial charge >= 0.3 is 0 Å². The van der Waals surface area contributed by atoms with E-state index in [1.54, 1.807) is 0 Å². The van der Waals surface area contributed by atoms with Crippen molar-refractivity contribution in [2.75, 3.05) is 13.2 Å². The van der Waals surface area contributed by atoms with Gasteiger partial charge in [0.1, 0.15) is 5.75 Å². The van der Waals surface area contributed by atoms with Crippen LogP contribution in [-0.2, 0) is 24.4 Å². The van der Waals surface area contributed by atoms with Crippen LogP contribution in [0.15, 0.2) is 78.9 Å². The SMILES string of the molecule is CCCCOCc1cc(C(=O)N(Cc2ccccc2)Cc2ccccc2)ccc1OCC. The Morgan fingerprint density at radius 1 is 0.844 bits per heavy atom. The van der Waals surface area contributed by atoms with Gasteiger partial charge in [0.15, 0.2) is 0 Å². The summed E-state index contributed by atoms with van der Waals surface area (Å²) in [5, 5.41) is 0. The van der Waals surface area contributed by atoms with Crippen molar-refractivity contribution < 1.29 is 14.3 Å². The van der Waals surface area contributed by atoms with Crippen molar-refractivity contribution in [2.24, 2.45) is 0 Å². The maximum atomic E-state index is 13.6. The van der Waals surface area contributed by atoms with Crippen LogP contribution in [-0.4, -0.2) is 24.0 Å². The molecule has 0 radical (unpaired) electrons. The number of carbonyl (C=O) groups excluding carboxylic acids is 1. The molecule has 0 spiro atoms. The van der Waals surface area contributed by atoms with E-state index in [1.165, 1.54) is 0 Å². The number of rotatable bonds is 12. The molecule has 0 N–H and O–H groups in total. The standard InChI is InChI=1S/C28H33NO3/c1-3-5-18-31-22-26-19-25(16-17-27(26)32-4-2)28(30)29(20-23-12-8-6-9-13-23)21-24-14-10-7-11-15-24/h6-17,19H,3-5,18,20-22H2,1-2H3. The highest BCUT2D eigenvalue weighted by Gasteiger charge is 2.19. The van der Waals surface area contributed by atoms with E-state index in [0.717, 1.165) is 35.3 Å². The van der Waals surface area contributed by atoms with E-state index in [2.05, 4.69) is 31.2 Å². The number of unbranched alkanes of at least 4 members (excludes halogenated alkanes) is 1. The van der Waals surface area contributed by atoms with Crippen molar-refractivity contribution in [1.29, 1.82) is 0 Å². The van der Waals surface area contributed by atoms with Gasteiger partial charge in [0.2, 0.25) is 0 Å². The van der Waals surface area contributed by atoms with E-state index in [4.69, 9.17) is 9.47 Å². The fraction of sp³-hybridized carbons (Fsp3) is 0.321. The molecule has 0 bridgehead atoms. The lowest BCUT2D eigenvalue weighted by Crippen LogP contribution is -2.30. The van der Waals surface area contributed by atoms with Crippen LogP contribution in [0.1, 0.15) is 53.7 Å². The molecular weight excluding hydrogens is 398 g/mol. The summed E-state index contributed by atoms with van der Waals surface area (Å²) in [7, 11) is 0. The van der Waals surface area contributed by atoms with E-state index in [0.29, 0.717) is 38.5 Å². The van der Waals surface area contributed by atoms with Gasteiger partial charge in [-0.25, -0.2) is 0 Å². The van der Waals surface area contributed by atoms with Gasteiger partial charge in [0.05, 0.1) is 13.2 Å². The first-order chi connectivity index (χ1) is 15.7. The lowest BCUT2D eigenvalue weighted by molar-refractivity contribution is 0.0729. The molecule has 3 rings (SSSR count). The molecule has 32 heavy (non-hydrogen) atoms. The molecule has 0 aliphatic carbocycles. The predicted octanol–water partition coefficient (Wildman–Crippen LogP) is 6.24. The molecule has 0 aliphatic heterocycles. The third kappa shape index (κ3) is 6.96. The molecule has 0 unspecified atom stereocenters. The van der Waals surface area contributed by atoms with Crippen molar-refractivity contribution in [2.45, 2.75) is 46.4 Å². The summed E-state index contributed by atoms with van der Waals surface area (Å²) >= 11 is 0. The van der Waals surface area contributed by atoms with E-state index < -0.39 is 0 Å². The molecule has 3 aromatic carbocycles. The number of hydrogen-bond donors (Lipinski definition) is 0. The number of amides is 1. The van der Waals surface area contributed by atoms with Crippen molar-refractivity contribution in [1.82, 2.24) is 4.90 Å². The zero-order chi connectivity index (χ0) is 22.6. The lowest BCUT2D eigenvalue weighted by atomic mass is 10.1. The average molecular weight is 432 g/mol. The summed E-state index contributed by atoms with van der Waals surface area (Å²) < 4.78 is 11.6. The topological polar surface area (TPSA) is 38.8 Å². The summed E-state index contributed by atoms with van der Waals surface area (Å²) in [5.74, 6) is 0.772. The molecule has 0 fully saturated rings. The Kier molecular flexibility index (Phi) is 9.33. The minimum absolute atomic E-state index is 0.00411. The van der Waals surface area contributed by atoms with Crippen molar-refractivity contribution >= 4 is 5.91 Å². The molecule has 0 atom stereocenters. The average Bonchev–Trinajstić information content (AvgIpc) is 2.83. The highest BCUT2D eigenvalue weighted by molar-refractivity contribution is 5.94. The van der Waals surface area contributed by atoms with Crippen LogP contribution in [0.2, 0.25) is 0 Å². The fourth-order valence-corrected chi connectivity index (χ4v) is 3.54. The van der Waals surface area contributed by atoms with Gasteiger partial charge in [0.25, 0.3) is 5.91 Å². The van der Waals surface area contributed by atoms with Crippen LogP contribution in [0, 0.1) is 0 Å². The normalized spacial score (nSPS) is 10.7. The Balaban J connectivity index is 1.84. The van der Waals surface area contributed by atoms with Gasteiger partial charge in [-0.15, -0.1) is 0 Å². The summed E-state index contributed by atoms with van der Waals surface area (Å²) in [6.45, 7) is 6.91. The Morgan fingerprint density at radius 3 is 2.03 bits per heavy atom. The quantitative estimate of drug-likeness (QED) is 0.318. The minimum atomic E-state index is -0.00411. The molecule has 0 aromatic heterocycles. The second-order valence-corrected chi connectivity index (χ2v) is 7.79. The lowest BCUT2D eigenvalue weighted by Gasteiger charge is -2.24. The monoisotopic (exact) mass is 431 g/mol. The van der Waals surface area contributed by atoms with Gasteiger partial charge in [-0.2, -0.15) is 0 Å². The highest BCUT2D eigenvalue weighted by atomic mass is 16.5. The van der Waals surface area contributed by atoms with E-state index in [1.807, 2.05) is 66.4 Å². The van der Waals surface area contributed by atoms with Crippen molar-refractivity contribution in [3.8, 4) is 5.75 Å². The summed E-state index contributed by atoms with van der Waals surface area (Å²) in [4.78, 5) is 15.5. The Morgan fingerprint density at radius 2 is 1.47 bits per heavy atom. The van der Waals surface area contributed by atoms with Crippen LogP contribution >= 0.6 is 0 Å². The second-order valence-electron chi connectivity index (χ2n) is 7.79. The summed E-state index contributed by atoms with van der Waals surface area (Å²) in [6, 6.07) is 25.9. The number of ether oxygens (including phenoxy) is 2. The van der Waals surface area contributed by atoms with Crippen molar-refractivity contribution in [3.63, 3.8) is 0 Å². The maximum Gasteiger partial charge on any atom is 0.254 e. The van der Waals surface area contributed by atoms with Crippen LogP contribution in [0.25, 0.3) is 0 Å². The Bertz CT molecular complexity index is 915. The van der Waals surface area contributed by atoms with Crippen molar-refractivity contribution in [3.05, 3.63) is 101 Å². The second kappa shape index (κ2) is 12.7. The number of nitrogens with zero attached hydrogens (tertiary/aromatic N) is 1. The number of benzene rings is 3. The maximum absolute atomic E-state index is 13.6. The zero-order valence-corrected chi connectivity index (χ0v) is 19.1. The minimum Gasteiger partial charge on any atom is -0.494 e. The highest BCUT2D eigenvalue weighted by Crippen LogP contribution is 2.23. The smallest absolute Gasteiger partial charge is 0.254 e. The van der Waals surface area contributed by atoms with E-state index in [-0.39, 0.29) is 5.91 Å². The zero-order valence-electron chi connectivity index (χ0n) is 19.1. The fourth-order valence-electron chi connectivity index (χ4n) is 3.54. The number of carbonyl (C=O) groups is 1. The first-order valence-corrected chi connectivity index (χ1v) is 11.4. The third-order valence-electron chi connectivity index (χ3n) is 5.23. The molecule has 0 saturated heterocycles. The molecule has 0 aliphatic rings. The molecular formula is C28H33NO3. The third-order valence-corrected chi connectivity index (χ3v) is 5.23. The van der Waals surface area contributed by atoms with Gasteiger partial charge in [0, 0.05) is 30.8 Å².